The third-order valence-electron chi connectivity index (χ3n) is 5.10. The molecule has 2 amide bonds. The summed E-state index contributed by atoms with van der Waals surface area (Å²) in [6, 6.07) is 7.60. The molecule has 0 aromatic heterocycles. The van der Waals surface area contributed by atoms with Crippen molar-refractivity contribution in [3.8, 4) is 5.75 Å². The highest BCUT2D eigenvalue weighted by atomic mass is 16.5. The van der Waals surface area contributed by atoms with E-state index in [0.29, 0.717) is 19.4 Å². The lowest BCUT2D eigenvalue weighted by Gasteiger charge is -2.25. The molecule has 0 radical (unpaired) electrons. The Morgan fingerprint density at radius 3 is 2.25 bits per heavy atom. The number of amides is 2. The Hall–Kier alpha value is -2.04. The van der Waals surface area contributed by atoms with E-state index in [2.05, 4.69) is 5.32 Å². The summed E-state index contributed by atoms with van der Waals surface area (Å²) in [5, 5.41) is 2.95. The molecule has 5 nitrogen and oxygen atoms in total. The van der Waals surface area contributed by atoms with Gasteiger partial charge in [-0.25, -0.2) is 0 Å². The van der Waals surface area contributed by atoms with Crippen molar-refractivity contribution in [3.63, 3.8) is 0 Å². The predicted octanol–water partition coefficient (Wildman–Crippen LogP) is 2.49. The highest BCUT2D eigenvalue weighted by Gasteiger charge is 2.57. The molecule has 1 aliphatic carbocycles. The number of likely N-dealkylation sites (tertiary alicyclic amines) is 1. The van der Waals surface area contributed by atoms with Crippen molar-refractivity contribution in [1.82, 2.24) is 10.2 Å². The van der Waals surface area contributed by atoms with E-state index in [0.717, 1.165) is 37.2 Å². The van der Waals surface area contributed by atoms with Gasteiger partial charge in [0.15, 0.2) is 0 Å². The van der Waals surface area contributed by atoms with Gasteiger partial charge in [0.1, 0.15) is 11.2 Å². The molecule has 1 N–H and O–H groups in total. The molecule has 5 heteroatoms. The van der Waals surface area contributed by atoms with E-state index in [9.17, 15) is 9.59 Å². The molecule has 3 rings (SSSR count). The highest BCUT2D eigenvalue weighted by Crippen LogP contribution is 2.47. The van der Waals surface area contributed by atoms with Gasteiger partial charge in [-0.1, -0.05) is 25.0 Å². The summed E-state index contributed by atoms with van der Waals surface area (Å²) in [7, 11) is 1.63. The second kappa shape index (κ2) is 7.24. The number of nitrogens with zero attached hydrogens (tertiary/aromatic N) is 1. The largest absolute Gasteiger partial charge is 0.497 e. The molecule has 0 spiro atoms. The SMILES string of the molecule is COc1ccc(CNC(=O)C2(C(=O)N3CCCCCC3)CC2)cc1. The molecular weight excluding hydrogens is 304 g/mol. The van der Waals surface area contributed by atoms with Gasteiger partial charge in [0.05, 0.1) is 7.11 Å². The maximum Gasteiger partial charge on any atom is 0.238 e. The van der Waals surface area contributed by atoms with Crippen LogP contribution in [0.15, 0.2) is 24.3 Å². The van der Waals surface area contributed by atoms with Gasteiger partial charge in [-0.2, -0.15) is 0 Å². The first-order valence-electron chi connectivity index (χ1n) is 8.86. The van der Waals surface area contributed by atoms with Crippen LogP contribution in [0.1, 0.15) is 44.1 Å². The number of methoxy groups -OCH3 is 1. The standard InChI is InChI=1S/C19H26N2O3/c1-24-16-8-6-15(7-9-16)14-20-17(22)19(10-11-19)18(23)21-12-4-2-3-5-13-21/h6-9H,2-5,10-14H2,1H3,(H,20,22). The first-order chi connectivity index (χ1) is 11.7. The van der Waals surface area contributed by atoms with Crippen LogP contribution in [0.3, 0.4) is 0 Å². The van der Waals surface area contributed by atoms with Gasteiger partial charge in [0.2, 0.25) is 11.8 Å². The highest BCUT2D eigenvalue weighted by molar-refractivity contribution is 6.07. The van der Waals surface area contributed by atoms with Gasteiger partial charge in [-0.15, -0.1) is 0 Å². The fourth-order valence-corrected chi connectivity index (χ4v) is 3.33. The maximum absolute atomic E-state index is 12.8. The molecule has 0 unspecified atom stereocenters. The zero-order valence-electron chi connectivity index (χ0n) is 14.3. The predicted molar refractivity (Wildman–Crippen MR) is 91.6 cm³/mol. The number of hydrogen-bond donors (Lipinski definition) is 1. The van der Waals surface area contributed by atoms with Crippen molar-refractivity contribution in [3.05, 3.63) is 29.8 Å². The molecule has 24 heavy (non-hydrogen) atoms. The first-order valence-corrected chi connectivity index (χ1v) is 8.86. The van der Waals surface area contributed by atoms with Crippen molar-refractivity contribution >= 4 is 11.8 Å². The van der Waals surface area contributed by atoms with Crippen molar-refractivity contribution in [2.45, 2.75) is 45.1 Å². The van der Waals surface area contributed by atoms with Crippen molar-refractivity contribution in [2.24, 2.45) is 5.41 Å². The molecule has 1 aliphatic heterocycles. The Bertz CT molecular complexity index is 585. The van der Waals surface area contributed by atoms with Crippen LogP contribution in [0.2, 0.25) is 0 Å². The summed E-state index contributed by atoms with van der Waals surface area (Å²) in [4.78, 5) is 27.3. The quantitative estimate of drug-likeness (QED) is 0.844. The summed E-state index contributed by atoms with van der Waals surface area (Å²) >= 11 is 0. The van der Waals surface area contributed by atoms with E-state index in [4.69, 9.17) is 4.74 Å². The maximum atomic E-state index is 12.8. The van der Waals surface area contributed by atoms with Crippen LogP contribution in [0.5, 0.6) is 5.75 Å². The number of rotatable bonds is 5. The molecule has 2 aliphatic rings. The van der Waals surface area contributed by atoms with Crippen molar-refractivity contribution in [1.29, 1.82) is 0 Å². The first kappa shape index (κ1) is 16.8. The average Bonchev–Trinajstić information content (AvgIpc) is 3.44. The summed E-state index contributed by atoms with van der Waals surface area (Å²) in [5.41, 5.74) is 0.207. The second-order valence-electron chi connectivity index (χ2n) is 6.82. The van der Waals surface area contributed by atoms with Crippen LogP contribution in [-0.2, 0) is 16.1 Å². The van der Waals surface area contributed by atoms with E-state index < -0.39 is 5.41 Å². The van der Waals surface area contributed by atoms with Gasteiger partial charge in [-0.05, 0) is 43.4 Å². The Kier molecular flexibility index (Phi) is 5.07. The number of carbonyl (C=O) groups is 2. The summed E-state index contributed by atoms with van der Waals surface area (Å²) in [5.74, 6) is 0.712. The smallest absolute Gasteiger partial charge is 0.238 e. The minimum atomic E-state index is -0.795. The van der Waals surface area contributed by atoms with Crippen LogP contribution >= 0.6 is 0 Å². The lowest BCUT2D eigenvalue weighted by molar-refractivity contribution is -0.144. The normalized spacial score (nSPS) is 19.3. The lowest BCUT2D eigenvalue weighted by Crippen LogP contribution is -2.45. The minimum absolute atomic E-state index is 0.0385. The zero-order chi connectivity index (χ0) is 17.0. The number of ether oxygens (including phenoxy) is 1. The van der Waals surface area contributed by atoms with Crippen molar-refractivity contribution < 1.29 is 14.3 Å². The van der Waals surface area contributed by atoms with E-state index in [1.807, 2.05) is 29.2 Å². The van der Waals surface area contributed by atoms with Crippen LogP contribution in [0, 0.1) is 5.41 Å². The van der Waals surface area contributed by atoms with Gasteiger partial charge in [0.25, 0.3) is 0 Å². The Balaban J connectivity index is 1.57. The topological polar surface area (TPSA) is 58.6 Å². The molecule has 1 heterocycles. The van der Waals surface area contributed by atoms with E-state index in [1.54, 1.807) is 7.11 Å². The number of benzene rings is 1. The van der Waals surface area contributed by atoms with E-state index in [-0.39, 0.29) is 11.8 Å². The number of carbonyl (C=O) groups excluding carboxylic acids is 2. The van der Waals surface area contributed by atoms with Gasteiger partial charge in [-0.3, -0.25) is 9.59 Å². The summed E-state index contributed by atoms with van der Waals surface area (Å²) in [6.45, 7) is 2.04. The third kappa shape index (κ3) is 3.55. The number of hydrogen-bond acceptors (Lipinski definition) is 3. The zero-order valence-corrected chi connectivity index (χ0v) is 14.3. The Labute approximate surface area is 143 Å². The third-order valence-corrected chi connectivity index (χ3v) is 5.10. The molecule has 0 atom stereocenters. The van der Waals surface area contributed by atoms with Crippen molar-refractivity contribution in [2.75, 3.05) is 20.2 Å². The molecule has 1 saturated heterocycles. The average molecular weight is 330 g/mol. The number of nitrogens with one attached hydrogen (secondary N) is 1. The second-order valence-corrected chi connectivity index (χ2v) is 6.82. The fraction of sp³-hybridized carbons (Fsp3) is 0.579. The van der Waals surface area contributed by atoms with Gasteiger partial charge in [0, 0.05) is 19.6 Å². The molecule has 130 valence electrons. The molecule has 0 bridgehead atoms. The lowest BCUT2D eigenvalue weighted by atomic mass is 10.0. The van der Waals surface area contributed by atoms with Gasteiger partial charge < -0.3 is 15.0 Å². The summed E-state index contributed by atoms with van der Waals surface area (Å²) < 4.78 is 5.13. The summed E-state index contributed by atoms with van der Waals surface area (Å²) in [6.07, 6.45) is 5.82. The van der Waals surface area contributed by atoms with E-state index >= 15 is 0 Å². The van der Waals surface area contributed by atoms with E-state index in [1.165, 1.54) is 12.8 Å². The molecule has 2 fully saturated rings. The van der Waals surface area contributed by atoms with Crippen LogP contribution in [-0.4, -0.2) is 36.9 Å². The Morgan fingerprint density at radius 2 is 1.71 bits per heavy atom. The monoisotopic (exact) mass is 330 g/mol. The molecule has 1 aromatic carbocycles. The minimum Gasteiger partial charge on any atom is -0.497 e. The fourth-order valence-electron chi connectivity index (χ4n) is 3.33. The van der Waals surface area contributed by atoms with Gasteiger partial charge >= 0.3 is 0 Å². The van der Waals surface area contributed by atoms with Crippen LogP contribution in [0.4, 0.5) is 0 Å². The molecule has 1 saturated carbocycles. The Morgan fingerprint density at radius 1 is 1.08 bits per heavy atom. The molecule has 1 aromatic rings. The van der Waals surface area contributed by atoms with Crippen LogP contribution in [0.25, 0.3) is 0 Å². The molecular formula is C19H26N2O3. The van der Waals surface area contributed by atoms with Crippen LogP contribution < -0.4 is 10.1 Å².